The first-order chi connectivity index (χ1) is 16.5. The second-order valence-corrected chi connectivity index (χ2v) is 9.45. The molecule has 2 aromatic rings. The molecule has 2 fully saturated rings. The molecule has 0 saturated carbocycles. The predicted molar refractivity (Wildman–Crippen MR) is 119 cm³/mol. The average molecular weight is 486 g/mol. The number of nitrogens with zero attached hydrogens (tertiary/aromatic N) is 3. The summed E-state index contributed by atoms with van der Waals surface area (Å²) < 4.78 is 36.3. The summed E-state index contributed by atoms with van der Waals surface area (Å²) in [6, 6.07) is 8.70. The summed E-state index contributed by atoms with van der Waals surface area (Å²) in [7, 11) is 0. The number of amides is 1. The molecule has 0 spiro atoms. The Kier molecular flexibility index (Phi) is 5.14. The molecule has 4 aliphatic rings. The Morgan fingerprint density at radius 3 is 2.76 bits per heavy atom. The Morgan fingerprint density at radius 2 is 1.91 bits per heavy atom. The zero-order valence-corrected chi connectivity index (χ0v) is 18.7. The molecule has 1 amide bonds. The van der Waals surface area contributed by atoms with E-state index in [1.807, 2.05) is 6.07 Å². The Hall–Kier alpha value is -2.92. The number of thioether (sulfide) groups is 1. The zero-order chi connectivity index (χ0) is 23.6. The number of hydrogen-bond acceptors (Lipinski definition) is 7. The van der Waals surface area contributed by atoms with Crippen molar-refractivity contribution in [1.82, 2.24) is 14.9 Å². The molecule has 0 radical (unpaired) electrons. The molecule has 2 saturated heterocycles. The first kappa shape index (κ1) is 21.6. The van der Waals surface area contributed by atoms with E-state index < -0.39 is 41.6 Å². The van der Waals surface area contributed by atoms with Crippen LogP contribution in [0.2, 0.25) is 0 Å². The number of aliphatic hydroxyl groups excluding tert-OH is 2. The minimum atomic E-state index is -1.34. The van der Waals surface area contributed by atoms with E-state index in [9.17, 15) is 15.0 Å². The molecule has 4 aliphatic heterocycles. The van der Waals surface area contributed by atoms with Crippen LogP contribution in [0.5, 0.6) is 0 Å². The standard InChI is InChI=1S/C24H21F2N3O4S/c25-15-5-1-3-13-12-34-23-14(4-2-6-16(23)26)20(19(13)15)29-18-11-33-10-9-27(18)24(32)21-22(31)17(30)7-8-28(21)29/h1-8,17-18,20,30-31H,9-12H2/t17?,18-,20-/m1/s1. The maximum absolute atomic E-state index is 15.5. The highest BCUT2D eigenvalue weighted by atomic mass is 32.2. The Labute approximate surface area is 198 Å². The van der Waals surface area contributed by atoms with Gasteiger partial charge in [0.25, 0.3) is 5.91 Å². The van der Waals surface area contributed by atoms with Gasteiger partial charge in [-0.2, -0.15) is 5.01 Å². The van der Waals surface area contributed by atoms with Crippen LogP contribution in [-0.2, 0) is 15.3 Å². The van der Waals surface area contributed by atoms with Crippen molar-refractivity contribution >= 4 is 17.7 Å². The normalized spacial score (nSPS) is 26.6. The van der Waals surface area contributed by atoms with Gasteiger partial charge in [0.05, 0.1) is 19.3 Å². The molecule has 3 atom stereocenters. The summed E-state index contributed by atoms with van der Waals surface area (Å²) in [6.07, 6.45) is 0.849. The van der Waals surface area contributed by atoms with E-state index in [4.69, 9.17) is 4.74 Å². The maximum Gasteiger partial charge on any atom is 0.277 e. The lowest BCUT2D eigenvalue weighted by molar-refractivity contribution is -0.190. The number of hydrogen-bond donors (Lipinski definition) is 2. The topological polar surface area (TPSA) is 76.5 Å². The molecular weight excluding hydrogens is 464 g/mol. The predicted octanol–water partition coefficient (Wildman–Crippen LogP) is 3.04. The molecular formula is C24H21F2N3O4S. The molecule has 2 aromatic carbocycles. The second-order valence-electron chi connectivity index (χ2n) is 8.46. The molecule has 4 heterocycles. The van der Waals surface area contributed by atoms with Crippen LogP contribution in [0, 0.1) is 11.6 Å². The molecule has 34 heavy (non-hydrogen) atoms. The highest BCUT2D eigenvalue weighted by Gasteiger charge is 2.50. The lowest BCUT2D eigenvalue weighted by atomic mass is 9.92. The first-order valence-electron chi connectivity index (χ1n) is 10.9. The van der Waals surface area contributed by atoms with Gasteiger partial charge in [-0.05, 0) is 29.3 Å². The van der Waals surface area contributed by atoms with Gasteiger partial charge in [-0.15, -0.1) is 11.8 Å². The summed E-state index contributed by atoms with van der Waals surface area (Å²) in [5, 5.41) is 24.1. The van der Waals surface area contributed by atoms with E-state index in [0.29, 0.717) is 33.9 Å². The third-order valence-electron chi connectivity index (χ3n) is 6.63. The van der Waals surface area contributed by atoms with Crippen molar-refractivity contribution in [3.05, 3.63) is 88.5 Å². The van der Waals surface area contributed by atoms with Crippen molar-refractivity contribution in [2.24, 2.45) is 0 Å². The summed E-state index contributed by atoms with van der Waals surface area (Å²) in [4.78, 5) is 15.3. The quantitative estimate of drug-likeness (QED) is 0.643. The summed E-state index contributed by atoms with van der Waals surface area (Å²) >= 11 is 1.30. The summed E-state index contributed by atoms with van der Waals surface area (Å²) in [5.41, 5.74) is 1.52. The molecule has 0 bridgehead atoms. The fourth-order valence-corrected chi connectivity index (χ4v) is 6.20. The van der Waals surface area contributed by atoms with Gasteiger partial charge in [0.2, 0.25) is 0 Å². The molecule has 1 unspecified atom stereocenters. The van der Waals surface area contributed by atoms with E-state index in [2.05, 4.69) is 0 Å². The molecule has 10 heteroatoms. The Morgan fingerprint density at radius 1 is 1.12 bits per heavy atom. The highest BCUT2D eigenvalue weighted by Crippen LogP contribution is 2.48. The summed E-state index contributed by atoms with van der Waals surface area (Å²) in [5.74, 6) is -1.43. The number of carbonyl (C=O) groups is 1. The highest BCUT2D eigenvalue weighted by molar-refractivity contribution is 7.98. The van der Waals surface area contributed by atoms with Crippen LogP contribution >= 0.6 is 11.8 Å². The van der Waals surface area contributed by atoms with Gasteiger partial charge in [0.15, 0.2) is 11.5 Å². The van der Waals surface area contributed by atoms with E-state index in [1.54, 1.807) is 28.1 Å². The Bertz CT molecular complexity index is 1250. The van der Waals surface area contributed by atoms with Gasteiger partial charge in [-0.1, -0.05) is 24.3 Å². The fraction of sp³-hybridized carbons (Fsp3) is 0.292. The number of halogens is 2. The van der Waals surface area contributed by atoms with Gasteiger partial charge in [0.1, 0.15) is 23.9 Å². The number of benzene rings is 2. The number of carbonyl (C=O) groups excluding carboxylic acids is 1. The number of hydrazine groups is 1. The maximum atomic E-state index is 15.5. The molecule has 6 rings (SSSR count). The summed E-state index contributed by atoms with van der Waals surface area (Å²) in [6.45, 7) is 0.704. The van der Waals surface area contributed by atoms with Crippen LogP contribution < -0.4 is 0 Å². The largest absolute Gasteiger partial charge is 0.507 e. The number of morpholine rings is 1. The van der Waals surface area contributed by atoms with Gasteiger partial charge in [-0.3, -0.25) is 9.80 Å². The van der Waals surface area contributed by atoms with Crippen LogP contribution in [-0.4, -0.2) is 63.1 Å². The van der Waals surface area contributed by atoms with Crippen molar-refractivity contribution in [2.45, 2.75) is 29.0 Å². The molecule has 2 N–H and O–H groups in total. The minimum Gasteiger partial charge on any atom is -0.507 e. The van der Waals surface area contributed by atoms with Crippen LogP contribution in [0.25, 0.3) is 0 Å². The van der Waals surface area contributed by atoms with Gasteiger partial charge in [-0.25, -0.2) is 8.78 Å². The first-order valence-corrected chi connectivity index (χ1v) is 11.9. The minimum absolute atomic E-state index is 0.110. The van der Waals surface area contributed by atoms with E-state index in [-0.39, 0.29) is 18.8 Å². The smallest absolute Gasteiger partial charge is 0.277 e. The number of fused-ring (bicyclic) bond motifs is 4. The monoisotopic (exact) mass is 485 g/mol. The average Bonchev–Trinajstić information content (AvgIpc) is 3.00. The van der Waals surface area contributed by atoms with Gasteiger partial charge in [0, 0.05) is 29.0 Å². The lowest BCUT2D eigenvalue weighted by Crippen LogP contribution is -2.68. The van der Waals surface area contributed by atoms with Crippen molar-refractivity contribution < 1.29 is 28.5 Å². The third-order valence-corrected chi connectivity index (χ3v) is 7.80. The van der Waals surface area contributed by atoms with Gasteiger partial charge < -0.3 is 19.8 Å². The lowest BCUT2D eigenvalue weighted by Gasteiger charge is -2.55. The third kappa shape index (κ3) is 3.09. The van der Waals surface area contributed by atoms with E-state index >= 15 is 8.78 Å². The zero-order valence-electron chi connectivity index (χ0n) is 17.9. The molecule has 0 aromatic heterocycles. The van der Waals surface area contributed by atoms with Crippen LogP contribution in [0.4, 0.5) is 8.78 Å². The van der Waals surface area contributed by atoms with Gasteiger partial charge >= 0.3 is 0 Å². The number of rotatable bonds is 1. The van der Waals surface area contributed by atoms with E-state index in [0.717, 1.165) is 0 Å². The molecule has 176 valence electrons. The van der Waals surface area contributed by atoms with Crippen molar-refractivity contribution in [2.75, 3.05) is 19.8 Å². The number of ether oxygens (including phenoxy) is 1. The Balaban J connectivity index is 1.63. The van der Waals surface area contributed by atoms with Crippen LogP contribution in [0.1, 0.15) is 22.7 Å². The second kappa shape index (κ2) is 8.09. The van der Waals surface area contributed by atoms with Crippen molar-refractivity contribution in [1.29, 1.82) is 0 Å². The van der Waals surface area contributed by atoms with Crippen molar-refractivity contribution in [3.8, 4) is 0 Å². The number of aliphatic hydroxyl groups is 2. The fourth-order valence-electron chi connectivity index (χ4n) is 5.10. The van der Waals surface area contributed by atoms with Crippen LogP contribution in [0.3, 0.4) is 0 Å². The molecule has 7 nitrogen and oxygen atoms in total. The van der Waals surface area contributed by atoms with Crippen molar-refractivity contribution in [3.63, 3.8) is 0 Å². The SMILES string of the molecule is O=C1C2=C(O)C(O)C=CN2N([C@@H]2c3cccc(F)c3SCc3cccc(F)c32)[C@@H]2COCCN12. The van der Waals surface area contributed by atoms with E-state index in [1.165, 1.54) is 41.2 Å². The molecule has 0 aliphatic carbocycles. The van der Waals surface area contributed by atoms with Crippen LogP contribution in [0.15, 0.2) is 65.0 Å².